The lowest BCUT2D eigenvalue weighted by atomic mass is 10.2. The van der Waals surface area contributed by atoms with Crippen LogP contribution in [0.25, 0.3) is 0 Å². The van der Waals surface area contributed by atoms with Crippen molar-refractivity contribution in [1.82, 2.24) is 5.32 Å². The summed E-state index contributed by atoms with van der Waals surface area (Å²) in [4.78, 5) is 3.30. The number of thiophene rings is 1. The zero-order valence-corrected chi connectivity index (χ0v) is 13.3. The first-order valence-corrected chi connectivity index (χ1v) is 7.64. The lowest BCUT2D eigenvalue weighted by Gasteiger charge is -2.19. The van der Waals surface area contributed by atoms with Crippen LogP contribution in [-0.2, 0) is 13.1 Å². The molecule has 1 aromatic carbocycles. The van der Waals surface area contributed by atoms with Crippen molar-refractivity contribution in [2.45, 2.75) is 13.1 Å². The van der Waals surface area contributed by atoms with Gasteiger partial charge in [0.2, 0.25) is 0 Å². The number of rotatable bonds is 5. The summed E-state index contributed by atoms with van der Waals surface area (Å²) < 4.78 is 14.7. The Morgan fingerprint density at radius 2 is 2.11 bits per heavy atom. The number of hydrogen-bond donors (Lipinski definition) is 1. The summed E-state index contributed by atoms with van der Waals surface area (Å²) >= 11 is 5.14. The third-order valence-corrected chi connectivity index (χ3v) is 4.46. The van der Waals surface area contributed by atoms with Crippen molar-refractivity contribution < 1.29 is 4.39 Å². The number of nitrogens with one attached hydrogen (secondary N) is 1. The van der Waals surface area contributed by atoms with Gasteiger partial charge in [-0.2, -0.15) is 0 Å². The first-order chi connectivity index (χ1) is 9.08. The molecular weight excluding hydrogens is 327 g/mol. The van der Waals surface area contributed by atoms with Crippen LogP contribution in [0.1, 0.15) is 10.4 Å². The Hall–Kier alpha value is -0.910. The monoisotopic (exact) mass is 342 g/mol. The van der Waals surface area contributed by atoms with Gasteiger partial charge in [0, 0.05) is 34.0 Å². The molecule has 0 unspecified atom stereocenters. The van der Waals surface area contributed by atoms with E-state index in [9.17, 15) is 4.39 Å². The van der Waals surface area contributed by atoms with Crippen LogP contribution in [0.2, 0.25) is 0 Å². The molecule has 0 radical (unpaired) electrons. The number of nitrogens with zero attached hydrogens (tertiary/aromatic N) is 1. The molecule has 0 amide bonds. The number of anilines is 1. The van der Waals surface area contributed by atoms with Crippen LogP contribution < -0.4 is 10.2 Å². The van der Waals surface area contributed by atoms with Crippen LogP contribution in [0.3, 0.4) is 0 Å². The predicted octanol–water partition coefficient (Wildman–Crippen LogP) is 4.01. The second-order valence-electron chi connectivity index (χ2n) is 4.44. The average Bonchev–Trinajstić information content (AvgIpc) is 2.74. The third-order valence-electron chi connectivity index (χ3n) is 2.78. The Balaban J connectivity index is 2.15. The Labute approximate surface area is 125 Å². The molecule has 5 heteroatoms. The molecule has 2 nitrogen and oxygen atoms in total. The van der Waals surface area contributed by atoms with Crippen molar-refractivity contribution in [3.05, 3.63) is 50.4 Å². The van der Waals surface area contributed by atoms with E-state index in [0.29, 0.717) is 6.54 Å². The van der Waals surface area contributed by atoms with Gasteiger partial charge in [0.15, 0.2) is 0 Å². The normalized spacial score (nSPS) is 10.7. The van der Waals surface area contributed by atoms with Crippen LogP contribution in [0, 0.1) is 5.82 Å². The van der Waals surface area contributed by atoms with Gasteiger partial charge < -0.3 is 10.2 Å². The summed E-state index contributed by atoms with van der Waals surface area (Å²) in [5, 5.41) is 5.10. The second-order valence-corrected chi connectivity index (χ2v) is 6.35. The van der Waals surface area contributed by atoms with Gasteiger partial charge in [-0.1, -0.05) is 0 Å². The Morgan fingerprint density at radius 3 is 2.74 bits per heavy atom. The van der Waals surface area contributed by atoms with Crippen molar-refractivity contribution in [3.8, 4) is 0 Å². The van der Waals surface area contributed by atoms with E-state index in [0.717, 1.165) is 22.3 Å². The van der Waals surface area contributed by atoms with Gasteiger partial charge in [-0.15, -0.1) is 11.3 Å². The summed E-state index contributed by atoms with van der Waals surface area (Å²) in [6, 6.07) is 7.24. The van der Waals surface area contributed by atoms with E-state index >= 15 is 0 Å². The van der Waals surface area contributed by atoms with Crippen molar-refractivity contribution >= 4 is 33.0 Å². The molecule has 0 aliphatic heterocycles. The maximum atomic E-state index is 13.6. The zero-order chi connectivity index (χ0) is 13.8. The smallest absolute Gasteiger partial charge is 0.125 e. The molecule has 0 fully saturated rings. The molecule has 0 saturated heterocycles. The molecule has 0 spiro atoms. The van der Waals surface area contributed by atoms with E-state index < -0.39 is 0 Å². The summed E-state index contributed by atoms with van der Waals surface area (Å²) in [6.45, 7) is 1.45. The lowest BCUT2D eigenvalue weighted by Crippen LogP contribution is -2.16. The molecule has 0 aliphatic carbocycles. The highest BCUT2D eigenvalue weighted by atomic mass is 79.9. The Morgan fingerprint density at radius 1 is 1.32 bits per heavy atom. The SMILES string of the molecule is CNCc1cc(F)cc(N(C)Cc2cc(Br)cs2)c1. The van der Waals surface area contributed by atoms with Crippen LogP contribution in [0.5, 0.6) is 0 Å². The first kappa shape index (κ1) is 14.5. The largest absolute Gasteiger partial charge is 0.369 e. The van der Waals surface area contributed by atoms with Gasteiger partial charge in [0.1, 0.15) is 5.82 Å². The van der Waals surface area contributed by atoms with E-state index in [1.165, 1.54) is 4.88 Å². The van der Waals surface area contributed by atoms with Gasteiger partial charge >= 0.3 is 0 Å². The molecule has 0 aliphatic rings. The van der Waals surface area contributed by atoms with Crippen molar-refractivity contribution in [3.63, 3.8) is 0 Å². The second kappa shape index (κ2) is 6.50. The maximum absolute atomic E-state index is 13.6. The predicted molar refractivity (Wildman–Crippen MR) is 83.3 cm³/mol. The van der Waals surface area contributed by atoms with Crippen molar-refractivity contribution in [2.24, 2.45) is 0 Å². The summed E-state index contributed by atoms with van der Waals surface area (Å²) in [7, 11) is 3.84. The molecule has 1 heterocycles. The van der Waals surface area contributed by atoms with E-state index in [2.05, 4.69) is 37.6 Å². The summed E-state index contributed by atoms with van der Waals surface area (Å²) in [5.41, 5.74) is 1.85. The molecule has 0 saturated carbocycles. The third kappa shape index (κ3) is 4.03. The van der Waals surface area contributed by atoms with Crippen molar-refractivity contribution in [1.29, 1.82) is 0 Å². The summed E-state index contributed by atoms with van der Waals surface area (Å²) in [5.74, 6) is -0.193. The van der Waals surface area contributed by atoms with E-state index in [1.54, 1.807) is 23.5 Å². The molecule has 2 aromatic rings. The van der Waals surface area contributed by atoms with Crippen LogP contribution in [-0.4, -0.2) is 14.1 Å². The molecule has 0 atom stereocenters. The molecular formula is C14H16BrFN2S. The molecule has 19 heavy (non-hydrogen) atoms. The van der Waals surface area contributed by atoms with Gasteiger partial charge in [0.05, 0.1) is 6.54 Å². The van der Waals surface area contributed by atoms with E-state index in [-0.39, 0.29) is 5.82 Å². The Kier molecular flexibility index (Phi) is 4.96. The van der Waals surface area contributed by atoms with Crippen LogP contribution >= 0.6 is 27.3 Å². The van der Waals surface area contributed by atoms with Crippen molar-refractivity contribution in [2.75, 3.05) is 19.0 Å². The highest BCUT2D eigenvalue weighted by molar-refractivity contribution is 9.10. The molecule has 102 valence electrons. The first-order valence-electron chi connectivity index (χ1n) is 5.96. The van der Waals surface area contributed by atoms with Gasteiger partial charge in [-0.05, 0) is 52.8 Å². The van der Waals surface area contributed by atoms with Crippen LogP contribution in [0.4, 0.5) is 10.1 Å². The minimum Gasteiger partial charge on any atom is -0.369 e. The number of hydrogen-bond acceptors (Lipinski definition) is 3. The Bertz CT molecular complexity index is 556. The van der Waals surface area contributed by atoms with Gasteiger partial charge in [0.25, 0.3) is 0 Å². The molecule has 1 N–H and O–H groups in total. The maximum Gasteiger partial charge on any atom is 0.125 e. The average molecular weight is 343 g/mol. The molecule has 0 bridgehead atoms. The van der Waals surface area contributed by atoms with Gasteiger partial charge in [-0.3, -0.25) is 0 Å². The minimum atomic E-state index is -0.193. The fourth-order valence-electron chi connectivity index (χ4n) is 1.92. The summed E-state index contributed by atoms with van der Waals surface area (Å²) in [6.07, 6.45) is 0. The van der Waals surface area contributed by atoms with Gasteiger partial charge in [-0.25, -0.2) is 4.39 Å². The van der Waals surface area contributed by atoms with Crippen LogP contribution in [0.15, 0.2) is 34.1 Å². The zero-order valence-electron chi connectivity index (χ0n) is 10.9. The fourth-order valence-corrected chi connectivity index (χ4v) is 3.43. The quantitative estimate of drug-likeness (QED) is 0.883. The molecule has 1 aromatic heterocycles. The van der Waals surface area contributed by atoms with E-state index in [1.807, 2.05) is 20.2 Å². The highest BCUT2D eigenvalue weighted by Crippen LogP contribution is 2.24. The topological polar surface area (TPSA) is 15.3 Å². The standard InChI is InChI=1S/C14H16BrFN2S/c1-17-7-10-3-12(16)6-13(4-10)18(2)8-14-5-11(15)9-19-14/h3-6,9,17H,7-8H2,1-2H3. The fraction of sp³-hybridized carbons (Fsp3) is 0.286. The lowest BCUT2D eigenvalue weighted by molar-refractivity contribution is 0.623. The minimum absolute atomic E-state index is 0.193. The molecule has 2 rings (SSSR count). The van der Waals surface area contributed by atoms with E-state index in [4.69, 9.17) is 0 Å². The number of benzene rings is 1. The number of halogens is 2. The highest BCUT2D eigenvalue weighted by Gasteiger charge is 2.07.